The molecule has 0 spiro atoms. The minimum Gasteiger partial charge on any atom is -0.396 e. The van der Waals surface area contributed by atoms with E-state index < -0.39 is 0 Å². The molecule has 1 aromatic heterocycles. The molecule has 2 atom stereocenters. The Morgan fingerprint density at radius 1 is 1.53 bits per heavy atom. The van der Waals surface area contributed by atoms with Crippen molar-refractivity contribution in [1.29, 1.82) is 0 Å². The van der Waals surface area contributed by atoms with E-state index in [0.717, 1.165) is 31.0 Å². The molecule has 5 heteroatoms. The van der Waals surface area contributed by atoms with Crippen LogP contribution >= 0.6 is 0 Å². The van der Waals surface area contributed by atoms with Gasteiger partial charge in [-0.15, -0.1) is 0 Å². The predicted molar refractivity (Wildman–Crippen MR) is 71.8 cm³/mol. The van der Waals surface area contributed by atoms with E-state index in [-0.39, 0.29) is 5.41 Å². The molecule has 2 aliphatic rings. The highest BCUT2D eigenvalue weighted by atomic mass is 16.5. The lowest BCUT2D eigenvalue weighted by Gasteiger charge is -2.26. The van der Waals surface area contributed by atoms with Crippen molar-refractivity contribution in [3.05, 3.63) is 18.1 Å². The molecule has 1 saturated heterocycles. The van der Waals surface area contributed by atoms with Crippen molar-refractivity contribution in [1.82, 2.24) is 9.97 Å². The monoisotopic (exact) mass is 263 g/mol. The first-order valence-corrected chi connectivity index (χ1v) is 6.93. The zero-order valence-electron chi connectivity index (χ0n) is 11.4. The zero-order chi connectivity index (χ0) is 13.3. The second-order valence-corrected chi connectivity index (χ2v) is 5.79. The van der Waals surface area contributed by atoms with Gasteiger partial charge in [0.25, 0.3) is 0 Å². The van der Waals surface area contributed by atoms with Crippen LogP contribution in [0, 0.1) is 11.3 Å². The summed E-state index contributed by atoms with van der Waals surface area (Å²) in [6.45, 7) is 2.73. The molecule has 0 aromatic carbocycles. The average molecular weight is 263 g/mol. The summed E-state index contributed by atoms with van der Waals surface area (Å²) in [5, 5.41) is 9.75. The Kier molecular flexibility index (Phi) is 3.41. The van der Waals surface area contributed by atoms with E-state index in [1.165, 1.54) is 12.8 Å². The Morgan fingerprint density at radius 2 is 2.42 bits per heavy atom. The molecule has 19 heavy (non-hydrogen) atoms. The highest BCUT2D eigenvalue weighted by Gasteiger charge is 2.49. The van der Waals surface area contributed by atoms with Crippen molar-refractivity contribution in [2.24, 2.45) is 11.3 Å². The Labute approximate surface area is 113 Å². The van der Waals surface area contributed by atoms with Gasteiger partial charge >= 0.3 is 0 Å². The molecule has 3 rings (SSSR count). The van der Waals surface area contributed by atoms with Gasteiger partial charge in [-0.1, -0.05) is 6.42 Å². The van der Waals surface area contributed by atoms with Gasteiger partial charge in [0.2, 0.25) is 0 Å². The molecule has 1 saturated carbocycles. The Morgan fingerprint density at radius 3 is 3.16 bits per heavy atom. The number of methoxy groups -OCH3 is 1. The smallest absolute Gasteiger partial charge is 0.132 e. The lowest BCUT2D eigenvalue weighted by atomic mass is 9.82. The van der Waals surface area contributed by atoms with E-state index in [4.69, 9.17) is 4.74 Å². The number of rotatable bonds is 4. The first-order valence-electron chi connectivity index (χ1n) is 6.93. The van der Waals surface area contributed by atoms with Crippen LogP contribution < -0.4 is 4.90 Å². The van der Waals surface area contributed by atoms with Gasteiger partial charge in [-0.3, -0.25) is 0 Å². The number of hydrogen-bond donors (Lipinski definition) is 1. The Hall–Kier alpha value is -1.20. The van der Waals surface area contributed by atoms with Crippen molar-refractivity contribution in [3.63, 3.8) is 0 Å². The molecule has 0 radical (unpaired) electrons. The van der Waals surface area contributed by atoms with Gasteiger partial charge in [0.1, 0.15) is 12.1 Å². The molecule has 1 N–H and O–H groups in total. The topological polar surface area (TPSA) is 58.5 Å². The fourth-order valence-corrected chi connectivity index (χ4v) is 3.63. The third-order valence-corrected chi connectivity index (χ3v) is 4.68. The van der Waals surface area contributed by atoms with E-state index in [0.29, 0.717) is 19.1 Å². The van der Waals surface area contributed by atoms with Gasteiger partial charge in [-0.25, -0.2) is 9.97 Å². The first-order chi connectivity index (χ1) is 9.27. The standard InChI is InChI=1S/C14H21N3O2/c1-19-7-12-5-13(16-10-15-12)17-6-11-3-2-4-14(11,8-17)9-18/h5,10-11,18H,2-4,6-9H2,1H3/t11-,14+/m0/s1. The van der Waals surface area contributed by atoms with Gasteiger partial charge in [0, 0.05) is 31.7 Å². The first kappa shape index (κ1) is 12.8. The minimum absolute atomic E-state index is 0.104. The van der Waals surface area contributed by atoms with E-state index in [2.05, 4.69) is 14.9 Å². The molecule has 0 bridgehead atoms. The van der Waals surface area contributed by atoms with Crippen LogP contribution in [0.15, 0.2) is 12.4 Å². The third-order valence-electron chi connectivity index (χ3n) is 4.68. The maximum absolute atomic E-state index is 9.75. The summed E-state index contributed by atoms with van der Waals surface area (Å²) in [6.07, 6.45) is 5.22. The van der Waals surface area contributed by atoms with E-state index in [1.54, 1.807) is 13.4 Å². The largest absolute Gasteiger partial charge is 0.396 e. The number of nitrogens with zero attached hydrogens (tertiary/aromatic N) is 3. The molecule has 2 fully saturated rings. The highest BCUT2D eigenvalue weighted by molar-refractivity contribution is 5.41. The number of aromatic nitrogens is 2. The summed E-state index contributed by atoms with van der Waals surface area (Å²) >= 11 is 0. The van der Waals surface area contributed by atoms with Crippen LogP contribution in [-0.2, 0) is 11.3 Å². The molecular formula is C14H21N3O2. The fourth-order valence-electron chi connectivity index (χ4n) is 3.63. The van der Waals surface area contributed by atoms with Crippen LogP contribution in [-0.4, -0.2) is 41.9 Å². The molecule has 1 aromatic rings. The molecular weight excluding hydrogens is 242 g/mol. The summed E-state index contributed by atoms with van der Waals surface area (Å²) in [5.41, 5.74) is 1.01. The van der Waals surface area contributed by atoms with Crippen molar-refractivity contribution in [3.8, 4) is 0 Å². The highest BCUT2D eigenvalue weighted by Crippen LogP contribution is 2.48. The summed E-state index contributed by atoms with van der Waals surface area (Å²) in [6, 6.07) is 2.00. The number of hydrogen-bond acceptors (Lipinski definition) is 5. The van der Waals surface area contributed by atoms with Gasteiger partial charge in [-0.05, 0) is 18.8 Å². The van der Waals surface area contributed by atoms with Gasteiger partial charge < -0.3 is 14.7 Å². The number of ether oxygens (including phenoxy) is 1. The van der Waals surface area contributed by atoms with Crippen molar-refractivity contribution >= 4 is 5.82 Å². The number of anilines is 1. The van der Waals surface area contributed by atoms with Crippen LogP contribution in [0.4, 0.5) is 5.82 Å². The fraction of sp³-hybridized carbons (Fsp3) is 0.714. The van der Waals surface area contributed by atoms with Crippen molar-refractivity contribution in [2.75, 3.05) is 31.7 Å². The molecule has 2 heterocycles. The second-order valence-electron chi connectivity index (χ2n) is 5.79. The van der Waals surface area contributed by atoms with Gasteiger partial charge in [0.05, 0.1) is 18.9 Å². The van der Waals surface area contributed by atoms with Crippen LogP contribution in [0.25, 0.3) is 0 Å². The van der Waals surface area contributed by atoms with E-state index in [1.807, 2.05) is 6.07 Å². The Bertz CT molecular complexity index is 454. The summed E-state index contributed by atoms with van der Waals surface area (Å²) in [4.78, 5) is 10.9. The van der Waals surface area contributed by atoms with Crippen LogP contribution in [0.1, 0.15) is 25.0 Å². The van der Waals surface area contributed by atoms with E-state index >= 15 is 0 Å². The molecule has 5 nitrogen and oxygen atoms in total. The number of fused-ring (bicyclic) bond motifs is 1. The van der Waals surface area contributed by atoms with Gasteiger partial charge in [-0.2, -0.15) is 0 Å². The SMILES string of the molecule is COCc1cc(N2C[C@@H]3CCC[C@]3(CO)C2)ncn1. The quantitative estimate of drug-likeness (QED) is 0.885. The zero-order valence-corrected chi connectivity index (χ0v) is 11.4. The molecule has 0 amide bonds. The van der Waals surface area contributed by atoms with E-state index in [9.17, 15) is 5.11 Å². The lowest BCUT2D eigenvalue weighted by molar-refractivity contribution is 0.121. The molecule has 1 aliphatic carbocycles. The molecule has 104 valence electrons. The second kappa shape index (κ2) is 5.06. The normalized spacial score (nSPS) is 29.8. The van der Waals surface area contributed by atoms with Gasteiger partial charge in [0.15, 0.2) is 0 Å². The van der Waals surface area contributed by atoms with Crippen molar-refractivity contribution in [2.45, 2.75) is 25.9 Å². The third kappa shape index (κ3) is 2.21. The van der Waals surface area contributed by atoms with Crippen LogP contribution in [0.5, 0.6) is 0 Å². The Balaban J connectivity index is 1.79. The maximum Gasteiger partial charge on any atom is 0.132 e. The maximum atomic E-state index is 9.75. The minimum atomic E-state index is 0.104. The summed E-state index contributed by atoms with van der Waals surface area (Å²) in [7, 11) is 1.67. The molecule has 1 aliphatic heterocycles. The van der Waals surface area contributed by atoms with Crippen LogP contribution in [0.3, 0.4) is 0 Å². The predicted octanol–water partition coefficient (Wildman–Crippen LogP) is 1.22. The lowest BCUT2D eigenvalue weighted by Crippen LogP contribution is -2.31. The van der Waals surface area contributed by atoms with Crippen molar-refractivity contribution < 1.29 is 9.84 Å². The summed E-state index contributed by atoms with van der Waals surface area (Å²) in [5.74, 6) is 1.57. The average Bonchev–Trinajstić information content (AvgIpc) is 2.96. The molecule has 0 unspecified atom stereocenters. The number of aliphatic hydroxyl groups excluding tert-OH is 1. The summed E-state index contributed by atoms with van der Waals surface area (Å²) < 4.78 is 5.11. The van der Waals surface area contributed by atoms with Crippen LogP contribution in [0.2, 0.25) is 0 Å². The number of aliphatic hydroxyl groups is 1.